The SMILES string of the molecule is COc1cccc(NC(=O)CSc2nc3cc4c(cc3c(=O)n2Cc2ccc(C(=O)NCc3ccc5c(c3)OCO5)cc2)OCO4)c1. The lowest BCUT2D eigenvalue weighted by molar-refractivity contribution is -0.113. The molecule has 2 amide bonds. The number of rotatable bonds is 10. The van der Waals surface area contributed by atoms with Crippen LogP contribution in [0.1, 0.15) is 21.5 Å². The average Bonchev–Trinajstić information content (AvgIpc) is 3.76. The van der Waals surface area contributed by atoms with Crippen molar-refractivity contribution in [3.05, 3.63) is 106 Å². The molecule has 7 rings (SSSR count). The highest BCUT2D eigenvalue weighted by Gasteiger charge is 2.20. The number of nitrogens with zero attached hydrogens (tertiary/aromatic N) is 2. The van der Waals surface area contributed by atoms with E-state index in [-0.39, 0.29) is 43.3 Å². The van der Waals surface area contributed by atoms with Gasteiger partial charge in [-0.25, -0.2) is 4.98 Å². The van der Waals surface area contributed by atoms with Gasteiger partial charge in [0.05, 0.1) is 30.3 Å². The van der Waals surface area contributed by atoms with Crippen LogP contribution in [0, 0.1) is 0 Å². The fraction of sp³-hybridized carbons (Fsp3) is 0.176. The molecule has 2 aliphatic heterocycles. The Morgan fingerprint density at radius 3 is 2.38 bits per heavy atom. The Labute approximate surface area is 272 Å². The second-order valence-electron chi connectivity index (χ2n) is 10.6. The van der Waals surface area contributed by atoms with Crippen molar-refractivity contribution in [2.45, 2.75) is 18.2 Å². The van der Waals surface area contributed by atoms with Gasteiger partial charge in [0.1, 0.15) is 5.75 Å². The molecule has 12 nitrogen and oxygen atoms in total. The number of ether oxygens (including phenoxy) is 5. The van der Waals surface area contributed by atoms with E-state index in [2.05, 4.69) is 10.6 Å². The van der Waals surface area contributed by atoms with Crippen molar-refractivity contribution in [1.82, 2.24) is 14.9 Å². The molecule has 0 unspecified atom stereocenters. The molecule has 0 atom stereocenters. The molecule has 0 saturated carbocycles. The van der Waals surface area contributed by atoms with Gasteiger partial charge in [0, 0.05) is 29.9 Å². The quantitative estimate of drug-likeness (QED) is 0.163. The molecular formula is C34H28N4O8S. The van der Waals surface area contributed by atoms with Crippen molar-refractivity contribution in [2.24, 2.45) is 0 Å². The minimum absolute atomic E-state index is 0.00217. The standard InChI is InChI=1S/C34H28N4O8S/c1-42-24-4-2-3-23(12-24)36-31(39)17-47-34-37-26-14-30-29(45-19-46-30)13-25(26)33(41)38(34)16-20-5-8-22(9-6-20)32(40)35-15-21-7-10-27-28(11-21)44-18-43-27/h2-14H,15-19H2,1H3,(H,35,40)(H,36,39). The van der Waals surface area contributed by atoms with Gasteiger partial charge in [-0.15, -0.1) is 0 Å². The summed E-state index contributed by atoms with van der Waals surface area (Å²) < 4.78 is 28.5. The number of carbonyl (C=O) groups excluding carboxylic acids is 2. The summed E-state index contributed by atoms with van der Waals surface area (Å²) in [6.45, 7) is 0.724. The molecule has 0 aliphatic carbocycles. The molecular weight excluding hydrogens is 624 g/mol. The van der Waals surface area contributed by atoms with Crippen molar-refractivity contribution < 1.29 is 33.3 Å². The van der Waals surface area contributed by atoms with Crippen LogP contribution >= 0.6 is 11.8 Å². The Bertz CT molecular complexity index is 2070. The number of nitrogens with one attached hydrogen (secondary N) is 2. The van der Waals surface area contributed by atoms with Crippen LogP contribution in [0.5, 0.6) is 28.7 Å². The lowest BCUT2D eigenvalue weighted by atomic mass is 10.1. The summed E-state index contributed by atoms with van der Waals surface area (Å²) in [6, 6.07) is 22.9. The van der Waals surface area contributed by atoms with Crippen molar-refractivity contribution in [2.75, 3.05) is 31.8 Å². The third-order valence-corrected chi connectivity index (χ3v) is 8.52. The zero-order valence-corrected chi connectivity index (χ0v) is 25.9. The second kappa shape index (κ2) is 13.0. The van der Waals surface area contributed by atoms with E-state index in [1.54, 1.807) is 67.8 Å². The van der Waals surface area contributed by atoms with Gasteiger partial charge in [-0.2, -0.15) is 0 Å². The molecule has 0 bridgehead atoms. The minimum atomic E-state index is -0.297. The van der Waals surface area contributed by atoms with E-state index < -0.39 is 0 Å². The van der Waals surface area contributed by atoms with Gasteiger partial charge in [0.25, 0.3) is 11.5 Å². The number of hydrogen-bond acceptors (Lipinski definition) is 10. The molecule has 2 aliphatic rings. The maximum Gasteiger partial charge on any atom is 0.262 e. The van der Waals surface area contributed by atoms with Gasteiger partial charge >= 0.3 is 0 Å². The Morgan fingerprint density at radius 1 is 0.872 bits per heavy atom. The monoisotopic (exact) mass is 652 g/mol. The largest absolute Gasteiger partial charge is 0.497 e. The van der Waals surface area contributed by atoms with Crippen LogP contribution in [0.25, 0.3) is 10.9 Å². The molecule has 0 radical (unpaired) electrons. The normalized spacial score (nSPS) is 12.6. The first-order valence-corrected chi connectivity index (χ1v) is 15.6. The number of hydrogen-bond donors (Lipinski definition) is 2. The van der Waals surface area contributed by atoms with Crippen molar-refractivity contribution in [3.8, 4) is 28.7 Å². The van der Waals surface area contributed by atoms with Crippen LogP contribution in [0.3, 0.4) is 0 Å². The number of carbonyl (C=O) groups is 2. The predicted molar refractivity (Wildman–Crippen MR) is 174 cm³/mol. The summed E-state index contributed by atoms with van der Waals surface area (Å²) in [7, 11) is 1.55. The van der Waals surface area contributed by atoms with E-state index in [4.69, 9.17) is 28.7 Å². The molecule has 4 aromatic carbocycles. The summed E-state index contributed by atoms with van der Waals surface area (Å²) in [5, 5.41) is 6.48. The van der Waals surface area contributed by atoms with E-state index >= 15 is 0 Å². The number of fused-ring (bicyclic) bond motifs is 3. The predicted octanol–water partition coefficient (Wildman–Crippen LogP) is 4.57. The Hall–Kier alpha value is -5.69. The first kappa shape index (κ1) is 30.0. The Morgan fingerprint density at radius 2 is 1.60 bits per heavy atom. The summed E-state index contributed by atoms with van der Waals surface area (Å²) >= 11 is 1.14. The van der Waals surface area contributed by atoms with Crippen molar-refractivity contribution in [1.29, 1.82) is 0 Å². The van der Waals surface area contributed by atoms with Crippen LogP contribution in [-0.4, -0.2) is 47.8 Å². The number of aromatic nitrogens is 2. The molecule has 0 fully saturated rings. The highest BCUT2D eigenvalue weighted by molar-refractivity contribution is 7.99. The van der Waals surface area contributed by atoms with Gasteiger partial charge in [-0.05, 0) is 53.6 Å². The summed E-state index contributed by atoms with van der Waals surface area (Å²) in [5.41, 5.74) is 2.84. The summed E-state index contributed by atoms with van der Waals surface area (Å²) in [6.07, 6.45) is 0. The van der Waals surface area contributed by atoms with Gasteiger partial charge in [-0.1, -0.05) is 36.0 Å². The lowest BCUT2D eigenvalue weighted by Gasteiger charge is -2.14. The van der Waals surface area contributed by atoms with E-state index in [0.717, 1.165) is 22.9 Å². The van der Waals surface area contributed by atoms with Crippen molar-refractivity contribution >= 4 is 40.2 Å². The van der Waals surface area contributed by atoms with Crippen LogP contribution in [0.2, 0.25) is 0 Å². The smallest absolute Gasteiger partial charge is 0.262 e. The van der Waals surface area contributed by atoms with Gasteiger partial charge < -0.3 is 34.3 Å². The van der Waals surface area contributed by atoms with Crippen LogP contribution in [0.4, 0.5) is 5.69 Å². The molecule has 0 spiro atoms. The van der Waals surface area contributed by atoms with E-state index in [9.17, 15) is 14.4 Å². The molecule has 1 aromatic heterocycles. The molecule has 238 valence electrons. The molecule has 47 heavy (non-hydrogen) atoms. The van der Waals surface area contributed by atoms with E-state index in [0.29, 0.717) is 62.6 Å². The molecule has 13 heteroatoms. The highest BCUT2D eigenvalue weighted by atomic mass is 32.2. The van der Waals surface area contributed by atoms with Crippen LogP contribution in [-0.2, 0) is 17.9 Å². The molecule has 5 aromatic rings. The molecule has 2 N–H and O–H groups in total. The number of thioether (sulfide) groups is 1. The van der Waals surface area contributed by atoms with Gasteiger partial charge in [-0.3, -0.25) is 19.0 Å². The summed E-state index contributed by atoms with van der Waals surface area (Å²) in [4.78, 5) is 44.3. The minimum Gasteiger partial charge on any atom is -0.497 e. The fourth-order valence-electron chi connectivity index (χ4n) is 5.15. The Balaban J connectivity index is 1.09. The van der Waals surface area contributed by atoms with Gasteiger partial charge in [0.2, 0.25) is 19.5 Å². The van der Waals surface area contributed by atoms with E-state index in [1.165, 1.54) is 4.57 Å². The number of methoxy groups -OCH3 is 1. The lowest BCUT2D eigenvalue weighted by Crippen LogP contribution is -2.25. The average molecular weight is 653 g/mol. The zero-order chi connectivity index (χ0) is 32.3. The number of anilines is 1. The third-order valence-electron chi connectivity index (χ3n) is 7.55. The summed E-state index contributed by atoms with van der Waals surface area (Å²) in [5.74, 6) is 2.41. The zero-order valence-electron chi connectivity index (χ0n) is 25.1. The second-order valence-corrected chi connectivity index (χ2v) is 11.6. The molecule has 0 saturated heterocycles. The van der Waals surface area contributed by atoms with Gasteiger partial charge in [0.15, 0.2) is 28.2 Å². The molecule has 3 heterocycles. The number of benzene rings is 4. The van der Waals surface area contributed by atoms with Crippen LogP contribution < -0.4 is 39.9 Å². The first-order valence-electron chi connectivity index (χ1n) is 14.6. The highest BCUT2D eigenvalue weighted by Crippen LogP contribution is 2.35. The van der Waals surface area contributed by atoms with E-state index in [1.807, 2.05) is 18.2 Å². The number of amides is 2. The topological polar surface area (TPSA) is 139 Å². The maximum absolute atomic E-state index is 13.8. The van der Waals surface area contributed by atoms with Crippen molar-refractivity contribution in [3.63, 3.8) is 0 Å². The Kier molecular flexibility index (Phi) is 8.27. The first-order chi connectivity index (χ1) is 22.9. The fourth-order valence-corrected chi connectivity index (χ4v) is 5.95. The third kappa shape index (κ3) is 6.51. The maximum atomic E-state index is 13.8. The van der Waals surface area contributed by atoms with Crippen LogP contribution in [0.15, 0.2) is 88.8 Å².